The summed E-state index contributed by atoms with van der Waals surface area (Å²) in [6.45, 7) is 4.75. The lowest BCUT2D eigenvalue weighted by atomic mass is 10.0. The molecule has 2 atom stereocenters. The first-order valence-electron chi connectivity index (χ1n) is 43.0. The van der Waals surface area contributed by atoms with Crippen molar-refractivity contribution in [3.63, 3.8) is 0 Å². The molecule has 0 bridgehead atoms. The van der Waals surface area contributed by atoms with Crippen LogP contribution in [0.2, 0.25) is 0 Å². The summed E-state index contributed by atoms with van der Waals surface area (Å²) in [4.78, 5) is 37.8. The van der Waals surface area contributed by atoms with Gasteiger partial charge in [-0.3, -0.25) is 9.59 Å². The molecule has 0 rings (SSSR count). The largest absolute Gasteiger partial charge is 0.477 e. The van der Waals surface area contributed by atoms with Gasteiger partial charge in [0.25, 0.3) is 6.29 Å². The van der Waals surface area contributed by atoms with E-state index in [2.05, 4.69) is 160 Å². The molecule has 0 spiro atoms. The van der Waals surface area contributed by atoms with Crippen molar-refractivity contribution >= 4 is 17.9 Å². The summed E-state index contributed by atoms with van der Waals surface area (Å²) < 4.78 is 23.0. The molecule has 9 heteroatoms. The van der Waals surface area contributed by atoms with E-state index in [-0.39, 0.29) is 38.6 Å². The van der Waals surface area contributed by atoms with Gasteiger partial charge < -0.3 is 28.5 Å². The Labute approximate surface area is 636 Å². The highest BCUT2D eigenvalue weighted by molar-refractivity contribution is 5.71. The number of carboxylic acid groups (broad SMARTS) is 1. The third-order valence-corrected chi connectivity index (χ3v) is 18.6. The second-order valence-electron chi connectivity index (χ2n) is 29.8. The third kappa shape index (κ3) is 84.3. The Balaban J connectivity index is 4.09. The number of allylic oxidation sites excluding steroid dienone is 24. The van der Waals surface area contributed by atoms with Crippen molar-refractivity contribution in [2.24, 2.45) is 0 Å². The molecule has 0 aromatic heterocycles. The second-order valence-corrected chi connectivity index (χ2v) is 29.8. The Morgan fingerprint density at radius 2 is 0.553 bits per heavy atom. The molecule has 2 unspecified atom stereocenters. The minimum Gasteiger partial charge on any atom is -0.477 e. The molecule has 9 nitrogen and oxygen atoms in total. The van der Waals surface area contributed by atoms with E-state index in [9.17, 15) is 19.5 Å². The number of nitrogens with zero attached hydrogens (tertiary/aromatic N) is 1. The number of carbonyl (C=O) groups is 3. The van der Waals surface area contributed by atoms with E-state index in [0.717, 1.165) is 109 Å². The Bertz CT molecular complexity index is 2220. The summed E-state index contributed by atoms with van der Waals surface area (Å²) in [6.07, 6.45) is 119. The minimum atomic E-state index is -1.53. The monoisotopic (exact) mass is 1430 g/mol. The summed E-state index contributed by atoms with van der Waals surface area (Å²) in [7, 11) is 5.97. The first kappa shape index (κ1) is 98.2. The molecule has 1 N–H and O–H groups in total. The van der Waals surface area contributed by atoms with Crippen molar-refractivity contribution in [3.8, 4) is 0 Å². The van der Waals surface area contributed by atoms with E-state index in [4.69, 9.17) is 18.9 Å². The molecule has 0 fully saturated rings. The number of esters is 2. The van der Waals surface area contributed by atoms with Gasteiger partial charge in [0, 0.05) is 12.8 Å². The first-order chi connectivity index (χ1) is 50.6. The lowest BCUT2D eigenvalue weighted by Gasteiger charge is -2.25. The molecule has 590 valence electrons. The zero-order valence-corrected chi connectivity index (χ0v) is 67.7. The first-order valence-corrected chi connectivity index (χ1v) is 43.0. The molecule has 0 radical (unpaired) electrons. The van der Waals surface area contributed by atoms with Crippen LogP contribution in [-0.2, 0) is 33.3 Å². The van der Waals surface area contributed by atoms with Crippen molar-refractivity contribution in [2.45, 2.75) is 386 Å². The molecule has 0 aliphatic carbocycles. The number of rotatable bonds is 79. The van der Waals surface area contributed by atoms with Gasteiger partial charge in [0.1, 0.15) is 13.2 Å². The number of carbonyl (C=O) groups excluding carboxylic acids is 2. The Hall–Kier alpha value is -4.83. The molecule has 0 heterocycles. The van der Waals surface area contributed by atoms with Crippen LogP contribution in [0.5, 0.6) is 0 Å². The molecule has 0 aliphatic rings. The number of hydrogen-bond acceptors (Lipinski definition) is 7. The van der Waals surface area contributed by atoms with Gasteiger partial charge in [0.2, 0.25) is 0 Å². The fourth-order valence-electron chi connectivity index (χ4n) is 12.1. The molecule has 0 aliphatic heterocycles. The maximum absolute atomic E-state index is 13.0. The highest BCUT2D eigenvalue weighted by atomic mass is 16.7. The van der Waals surface area contributed by atoms with Crippen LogP contribution in [0.4, 0.5) is 0 Å². The topological polar surface area (TPSA) is 108 Å². The molecule has 103 heavy (non-hydrogen) atoms. The van der Waals surface area contributed by atoms with Gasteiger partial charge in [-0.25, -0.2) is 4.79 Å². The Morgan fingerprint density at radius 3 is 0.825 bits per heavy atom. The van der Waals surface area contributed by atoms with Gasteiger partial charge >= 0.3 is 17.9 Å². The number of carboxylic acids is 1. The number of ether oxygens (including phenoxy) is 4. The van der Waals surface area contributed by atoms with E-state index < -0.39 is 24.3 Å². The van der Waals surface area contributed by atoms with E-state index in [0.29, 0.717) is 17.4 Å². The predicted molar refractivity (Wildman–Crippen MR) is 447 cm³/mol. The Kier molecular flexibility index (Phi) is 78.9. The van der Waals surface area contributed by atoms with Crippen molar-refractivity contribution in [3.05, 3.63) is 146 Å². The maximum atomic E-state index is 13.0. The second kappa shape index (κ2) is 82.8. The van der Waals surface area contributed by atoms with E-state index in [1.807, 2.05) is 21.1 Å². The van der Waals surface area contributed by atoms with Gasteiger partial charge in [-0.15, -0.1) is 0 Å². The zero-order chi connectivity index (χ0) is 74.6. The molecule has 0 saturated carbocycles. The lowest BCUT2D eigenvalue weighted by molar-refractivity contribution is -0.870. The van der Waals surface area contributed by atoms with Crippen LogP contribution in [0, 0.1) is 0 Å². The number of unbranched alkanes of at least 4 members (excludes halogenated alkanes) is 40. The van der Waals surface area contributed by atoms with Crippen LogP contribution in [-0.4, -0.2) is 87.4 Å². The quantitative estimate of drug-likeness (QED) is 0.0211. The van der Waals surface area contributed by atoms with Crippen LogP contribution < -0.4 is 0 Å². The fraction of sp³-hybridized carbons (Fsp3) is 0.713. The fourth-order valence-corrected chi connectivity index (χ4v) is 12.1. The summed E-state index contributed by atoms with van der Waals surface area (Å²) in [6, 6.07) is 0. The predicted octanol–water partition coefficient (Wildman–Crippen LogP) is 28.2. The van der Waals surface area contributed by atoms with Crippen molar-refractivity contribution in [2.75, 3.05) is 47.5 Å². The molecule has 0 amide bonds. The van der Waals surface area contributed by atoms with Crippen molar-refractivity contribution in [1.82, 2.24) is 0 Å². The van der Waals surface area contributed by atoms with Crippen LogP contribution in [0.3, 0.4) is 0 Å². The number of quaternary nitrogens is 1. The number of aliphatic carboxylic acids is 1. The average molecular weight is 1430 g/mol. The maximum Gasteiger partial charge on any atom is 0.361 e. The summed E-state index contributed by atoms with van der Waals surface area (Å²) >= 11 is 0. The minimum absolute atomic E-state index is 0.173. The third-order valence-electron chi connectivity index (χ3n) is 18.6. The normalized spacial score (nSPS) is 13.4. The van der Waals surface area contributed by atoms with Gasteiger partial charge in [0.05, 0.1) is 34.4 Å². The highest BCUT2D eigenvalue weighted by Gasteiger charge is 2.25. The average Bonchev–Trinajstić information content (AvgIpc) is 0.985. The molecule has 0 aromatic carbocycles. The van der Waals surface area contributed by atoms with Crippen LogP contribution in [0.15, 0.2) is 146 Å². The summed E-state index contributed by atoms with van der Waals surface area (Å²) in [5.74, 6) is -2.06. The lowest BCUT2D eigenvalue weighted by Crippen LogP contribution is -2.40. The summed E-state index contributed by atoms with van der Waals surface area (Å²) in [5, 5.41) is 9.78. The highest BCUT2D eigenvalue weighted by Crippen LogP contribution is 2.19. The molecular weight excluding hydrogens is 1270 g/mol. The van der Waals surface area contributed by atoms with Crippen LogP contribution in [0.25, 0.3) is 0 Å². The number of hydrogen-bond donors (Lipinski definition) is 1. The van der Waals surface area contributed by atoms with Crippen molar-refractivity contribution in [1.29, 1.82) is 0 Å². The van der Waals surface area contributed by atoms with Gasteiger partial charge in [0.15, 0.2) is 6.10 Å². The molecule has 0 aromatic rings. The van der Waals surface area contributed by atoms with Gasteiger partial charge in [-0.1, -0.05) is 404 Å². The van der Waals surface area contributed by atoms with Crippen LogP contribution >= 0.6 is 0 Å². The molecular formula is C94H162NO8+. The standard InChI is InChI=1S/C94H161NO8/c1-6-8-10-12-14-16-18-20-22-24-26-28-30-32-34-36-38-40-42-44-46-48-50-52-54-56-58-60-62-64-66-68-70-72-74-76-78-80-82-84-91(96)101-88-90(89-102-94(93(98)99)100-87-86-95(3,4)5)103-92(97)85-83-81-79-77-75-73-71-69-67-65-63-61-59-57-55-53-51-49-47-45-43-41-39-37-35-33-31-29-27-25-23-21-19-17-15-13-11-9-7-2/h9,11,15,17,21,23,27,29,33,35,39,41,45,47,51,53,57,59,63,65,69,71,75,77,90,94H,6-8,10,12-14,16,18-20,22,24-26,28,30-32,34,36-38,40,42-44,46,48-50,52,54-56,58,60-62,64,66-68,70,72-74,76,78-89H2,1-5H3/p+1/b11-9-,17-15-,23-21-,29-27-,35-33-,41-39-,47-45-,53-51-,59-57-,65-63-,71-69-,77-75-. The van der Waals surface area contributed by atoms with E-state index in [1.54, 1.807) is 0 Å². The smallest absolute Gasteiger partial charge is 0.361 e. The zero-order valence-electron chi connectivity index (χ0n) is 67.7. The van der Waals surface area contributed by atoms with Gasteiger partial charge in [-0.2, -0.15) is 0 Å². The molecule has 0 saturated heterocycles. The van der Waals surface area contributed by atoms with Crippen LogP contribution in [0.1, 0.15) is 373 Å². The number of likely N-dealkylation sites (N-methyl/N-ethyl adjacent to an activating group) is 1. The Morgan fingerprint density at radius 1 is 0.301 bits per heavy atom. The van der Waals surface area contributed by atoms with Gasteiger partial charge in [-0.05, 0) is 103 Å². The van der Waals surface area contributed by atoms with E-state index in [1.165, 1.54) is 231 Å². The van der Waals surface area contributed by atoms with Crippen molar-refractivity contribution < 1.29 is 42.9 Å². The van der Waals surface area contributed by atoms with E-state index >= 15 is 0 Å². The SMILES string of the molecule is CC/C=C\C/C=C\C/C=C\C/C=C\C/C=C\C/C=C\C/C=C\C/C=C\C/C=C\C/C=C\C/C=C\C/C=C\CCCCC(=O)OC(COC(=O)CCCCCCCCCCCCCCCCCCCCCCCCCCCCCCCCCCCCCCCCC)COC(OCC[N+](C)(C)C)C(=O)O. The summed E-state index contributed by atoms with van der Waals surface area (Å²) in [5.41, 5.74) is 0.